The number of hydrogen-bond acceptors (Lipinski definition) is 6. The Balaban J connectivity index is 1.52. The van der Waals surface area contributed by atoms with Gasteiger partial charge in [-0.1, -0.05) is 0 Å². The molecule has 2 heterocycles. The first-order chi connectivity index (χ1) is 19.3. The summed E-state index contributed by atoms with van der Waals surface area (Å²) in [5, 5.41) is 18.8. The van der Waals surface area contributed by atoms with E-state index in [9.17, 15) is 27.2 Å². The van der Waals surface area contributed by atoms with Crippen molar-refractivity contribution in [2.24, 2.45) is 0 Å². The molecule has 0 saturated heterocycles. The SMILES string of the molecule is COc1cc2sc(C(F)(F)CCC(=O)O)cc2cc1CCCc1cc2cc(C(F)(F)CCC(=O)O)sc2cc1OC. The average molecular weight is 613 g/mol. The molecule has 0 saturated carbocycles. The molecule has 0 bridgehead atoms. The largest absolute Gasteiger partial charge is 0.496 e. The number of thiophene rings is 2. The van der Waals surface area contributed by atoms with Gasteiger partial charge >= 0.3 is 11.9 Å². The van der Waals surface area contributed by atoms with Crippen LogP contribution in [-0.2, 0) is 34.3 Å². The van der Waals surface area contributed by atoms with Crippen LogP contribution in [0.2, 0.25) is 0 Å². The molecular formula is C29H28F4O6S2. The first-order valence-electron chi connectivity index (χ1n) is 12.7. The van der Waals surface area contributed by atoms with Crippen molar-refractivity contribution in [2.75, 3.05) is 14.2 Å². The fraction of sp³-hybridized carbons (Fsp3) is 0.379. The minimum absolute atomic E-state index is 0.199. The van der Waals surface area contributed by atoms with Crippen molar-refractivity contribution in [3.8, 4) is 11.5 Å². The van der Waals surface area contributed by atoms with Crippen molar-refractivity contribution in [3.63, 3.8) is 0 Å². The Labute approximate surface area is 241 Å². The maximum atomic E-state index is 14.6. The van der Waals surface area contributed by atoms with Crippen molar-refractivity contribution < 1.29 is 46.8 Å². The van der Waals surface area contributed by atoms with Crippen LogP contribution in [0.5, 0.6) is 11.5 Å². The fourth-order valence-electron chi connectivity index (χ4n) is 4.61. The van der Waals surface area contributed by atoms with E-state index in [1.165, 1.54) is 26.4 Å². The van der Waals surface area contributed by atoms with E-state index in [0.29, 0.717) is 50.9 Å². The van der Waals surface area contributed by atoms with Crippen LogP contribution in [0.3, 0.4) is 0 Å². The van der Waals surface area contributed by atoms with Crippen molar-refractivity contribution >= 4 is 54.8 Å². The summed E-state index contributed by atoms with van der Waals surface area (Å²) in [7, 11) is 3.00. The van der Waals surface area contributed by atoms with Crippen LogP contribution >= 0.6 is 22.7 Å². The van der Waals surface area contributed by atoms with E-state index >= 15 is 0 Å². The Hall–Kier alpha value is -3.38. The second-order valence-electron chi connectivity index (χ2n) is 9.67. The first-order valence-corrected chi connectivity index (χ1v) is 14.4. The summed E-state index contributed by atoms with van der Waals surface area (Å²) in [5.41, 5.74) is 1.63. The minimum atomic E-state index is -3.26. The summed E-state index contributed by atoms with van der Waals surface area (Å²) in [4.78, 5) is 21.1. The van der Waals surface area contributed by atoms with E-state index in [-0.39, 0.29) is 9.75 Å². The number of alkyl halides is 4. The van der Waals surface area contributed by atoms with Crippen molar-refractivity contribution in [1.29, 1.82) is 0 Å². The lowest BCUT2D eigenvalue weighted by molar-refractivity contribution is -0.140. The van der Waals surface area contributed by atoms with Gasteiger partial charge < -0.3 is 19.7 Å². The molecular weight excluding hydrogens is 584 g/mol. The summed E-state index contributed by atoms with van der Waals surface area (Å²) in [5.74, 6) is -7.97. The molecule has 0 aliphatic rings. The Morgan fingerprint density at radius 1 is 0.707 bits per heavy atom. The van der Waals surface area contributed by atoms with E-state index in [0.717, 1.165) is 33.8 Å². The highest BCUT2D eigenvalue weighted by molar-refractivity contribution is 7.19. The standard InChI is InChI=1S/C29H28F4O6S2/c1-38-20-14-22-18(12-24(40-22)28(30,31)8-6-26(34)35)10-16(20)4-3-5-17-11-19-13-25(29(32,33)9-7-27(36)37)41-23(19)15-21(17)39-2/h10-15H,3-9H2,1-2H3,(H,34,35)(H,36,37). The predicted octanol–water partition coefficient (Wildman–Crippen LogP) is 8.22. The monoisotopic (exact) mass is 612 g/mol. The van der Waals surface area contributed by atoms with Gasteiger partial charge in [-0.15, -0.1) is 22.7 Å². The molecule has 2 N–H and O–H groups in total. The number of carboxylic acids is 2. The third-order valence-corrected chi connectivity index (χ3v) is 9.18. The highest BCUT2D eigenvalue weighted by atomic mass is 32.1. The van der Waals surface area contributed by atoms with Crippen LogP contribution in [0.4, 0.5) is 17.6 Å². The van der Waals surface area contributed by atoms with Crippen molar-refractivity contribution in [3.05, 3.63) is 57.3 Å². The van der Waals surface area contributed by atoms with Crippen LogP contribution in [0.1, 0.15) is 53.0 Å². The van der Waals surface area contributed by atoms with Gasteiger partial charge in [0.25, 0.3) is 11.8 Å². The van der Waals surface area contributed by atoms with Crippen molar-refractivity contribution in [1.82, 2.24) is 0 Å². The predicted molar refractivity (Wildman–Crippen MR) is 150 cm³/mol. The summed E-state index contributed by atoms with van der Waals surface area (Å²) in [6.07, 6.45) is -1.11. The number of rotatable bonds is 14. The summed E-state index contributed by atoms with van der Waals surface area (Å²) >= 11 is 1.82. The van der Waals surface area contributed by atoms with E-state index in [1.54, 1.807) is 24.3 Å². The zero-order valence-electron chi connectivity index (χ0n) is 22.3. The lowest BCUT2D eigenvalue weighted by Gasteiger charge is -2.12. The molecule has 0 atom stereocenters. The second kappa shape index (κ2) is 12.2. The molecule has 4 aromatic rings. The molecule has 2 aromatic heterocycles. The molecule has 220 valence electrons. The number of halogens is 4. The molecule has 0 aliphatic heterocycles. The summed E-state index contributed by atoms with van der Waals surface area (Å²) in [6, 6.07) is 9.79. The van der Waals surface area contributed by atoms with Gasteiger partial charge in [0.05, 0.1) is 36.8 Å². The lowest BCUT2D eigenvalue weighted by Crippen LogP contribution is -2.13. The third-order valence-electron chi connectivity index (χ3n) is 6.76. The Bertz CT molecular complexity index is 1460. The highest BCUT2D eigenvalue weighted by Crippen LogP contribution is 2.43. The molecule has 2 aromatic carbocycles. The number of aryl methyl sites for hydroxylation is 2. The summed E-state index contributed by atoms with van der Waals surface area (Å²) in [6.45, 7) is 0. The Morgan fingerprint density at radius 2 is 1.10 bits per heavy atom. The van der Waals surface area contributed by atoms with Gasteiger partial charge in [-0.05, 0) is 77.6 Å². The molecule has 0 radical (unpaired) electrons. The van der Waals surface area contributed by atoms with Crippen LogP contribution < -0.4 is 9.47 Å². The lowest BCUT2D eigenvalue weighted by atomic mass is 10.0. The fourth-order valence-corrected chi connectivity index (χ4v) is 6.76. The van der Waals surface area contributed by atoms with Crippen LogP contribution in [-0.4, -0.2) is 36.4 Å². The van der Waals surface area contributed by atoms with Crippen LogP contribution in [0, 0.1) is 0 Å². The van der Waals surface area contributed by atoms with E-state index < -0.39 is 49.5 Å². The number of fused-ring (bicyclic) bond motifs is 2. The smallest absolute Gasteiger partial charge is 0.303 e. The molecule has 0 amide bonds. The quantitative estimate of drug-likeness (QED) is 0.139. The number of benzene rings is 2. The second-order valence-corrected chi connectivity index (χ2v) is 11.8. The third kappa shape index (κ3) is 7.10. The zero-order chi connectivity index (χ0) is 29.9. The van der Waals surface area contributed by atoms with Crippen LogP contribution in [0.25, 0.3) is 20.2 Å². The normalized spacial score (nSPS) is 12.2. The molecule has 0 spiro atoms. The van der Waals surface area contributed by atoms with E-state index in [2.05, 4.69) is 0 Å². The Morgan fingerprint density at radius 3 is 1.44 bits per heavy atom. The zero-order valence-corrected chi connectivity index (χ0v) is 23.9. The van der Waals surface area contributed by atoms with Gasteiger partial charge in [-0.25, -0.2) is 17.6 Å². The molecule has 41 heavy (non-hydrogen) atoms. The molecule has 0 fully saturated rings. The number of ether oxygens (including phenoxy) is 2. The maximum absolute atomic E-state index is 14.6. The first kappa shape index (κ1) is 30.6. The van der Waals surface area contributed by atoms with E-state index in [4.69, 9.17) is 19.7 Å². The highest BCUT2D eigenvalue weighted by Gasteiger charge is 2.35. The topological polar surface area (TPSA) is 93.1 Å². The molecule has 4 rings (SSSR count). The molecule has 12 heteroatoms. The molecule has 0 aliphatic carbocycles. The Kier molecular flexibility index (Phi) is 9.13. The van der Waals surface area contributed by atoms with Gasteiger partial charge in [-0.3, -0.25) is 9.59 Å². The average Bonchev–Trinajstić information content (AvgIpc) is 3.54. The van der Waals surface area contributed by atoms with E-state index in [1.807, 2.05) is 0 Å². The van der Waals surface area contributed by atoms with Crippen LogP contribution in [0.15, 0.2) is 36.4 Å². The van der Waals surface area contributed by atoms with Gasteiger partial charge in [0.1, 0.15) is 11.5 Å². The number of hydrogen-bond donors (Lipinski definition) is 2. The van der Waals surface area contributed by atoms with Crippen molar-refractivity contribution in [2.45, 2.75) is 56.8 Å². The number of carboxylic acid groups (broad SMARTS) is 2. The summed E-state index contributed by atoms with van der Waals surface area (Å²) < 4.78 is 70.6. The van der Waals surface area contributed by atoms with Gasteiger partial charge in [0.2, 0.25) is 0 Å². The molecule has 6 nitrogen and oxygen atoms in total. The number of aliphatic carboxylic acids is 2. The number of carbonyl (C=O) groups is 2. The molecule has 0 unspecified atom stereocenters. The maximum Gasteiger partial charge on any atom is 0.303 e. The number of methoxy groups -OCH3 is 2. The van der Waals surface area contributed by atoms with Gasteiger partial charge in [0, 0.05) is 22.2 Å². The minimum Gasteiger partial charge on any atom is -0.496 e. The van der Waals surface area contributed by atoms with Gasteiger partial charge in [0.15, 0.2) is 0 Å². The van der Waals surface area contributed by atoms with Gasteiger partial charge in [-0.2, -0.15) is 0 Å².